The van der Waals surface area contributed by atoms with Gasteiger partial charge in [0.2, 0.25) is 5.91 Å². The largest absolute Gasteiger partial charge is 0.348 e. The van der Waals surface area contributed by atoms with Crippen LogP contribution in [0, 0.1) is 0 Å². The summed E-state index contributed by atoms with van der Waals surface area (Å²) in [5.41, 5.74) is 3.92. The van der Waals surface area contributed by atoms with E-state index in [1.807, 2.05) is 53.4 Å². The molecule has 1 fully saturated rings. The lowest BCUT2D eigenvalue weighted by Gasteiger charge is -2.16. The van der Waals surface area contributed by atoms with Crippen LogP contribution in [0.15, 0.2) is 48.5 Å². The fourth-order valence-corrected chi connectivity index (χ4v) is 3.20. The van der Waals surface area contributed by atoms with Gasteiger partial charge in [-0.2, -0.15) is 0 Å². The van der Waals surface area contributed by atoms with Gasteiger partial charge in [0, 0.05) is 30.8 Å². The molecule has 0 saturated carbocycles. The number of hydrogen-bond acceptors (Lipinski definition) is 2. The van der Waals surface area contributed by atoms with Crippen molar-refractivity contribution >= 4 is 17.5 Å². The summed E-state index contributed by atoms with van der Waals surface area (Å²) in [6.07, 6.45) is 4.96. The van der Waals surface area contributed by atoms with E-state index in [1.54, 1.807) is 0 Å². The van der Waals surface area contributed by atoms with E-state index in [-0.39, 0.29) is 11.8 Å². The molecule has 136 valence electrons. The van der Waals surface area contributed by atoms with E-state index < -0.39 is 0 Å². The number of nitrogens with one attached hydrogen (secondary N) is 1. The van der Waals surface area contributed by atoms with Gasteiger partial charge in [-0.05, 0) is 54.7 Å². The summed E-state index contributed by atoms with van der Waals surface area (Å²) >= 11 is 0. The predicted molar refractivity (Wildman–Crippen MR) is 104 cm³/mol. The number of hydrogen-bond donors (Lipinski definition) is 1. The molecular formula is C22H26N2O2. The zero-order valence-corrected chi connectivity index (χ0v) is 15.3. The maximum absolute atomic E-state index is 12.3. The van der Waals surface area contributed by atoms with Gasteiger partial charge in [-0.15, -0.1) is 0 Å². The van der Waals surface area contributed by atoms with Crippen LogP contribution in [-0.2, 0) is 17.8 Å². The predicted octanol–water partition coefficient (Wildman–Crippen LogP) is 4.09. The molecule has 26 heavy (non-hydrogen) atoms. The van der Waals surface area contributed by atoms with Gasteiger partial charge >= 0.3 is 0 Å². The zero-order valence-electron chi connectivity index (χ0n) is 15.3. The summed E-state index contributed by atoms with van der Waals surface area (Å²) in [5, 5.41) is 2.96. The SMILES string of the molecule is CCCCc1ccc(C(=O)NCc2ccc(N3CCCC3=O)cc2)cc1. The highest BCUT2D eigenvalue weighted by atomic mass is 16.2. The summed E-state index contributed by atoms with van der Waals surface area (Å²) < 4.78 is 0. The minimum atomic E-state index is -0.0640. The first-order valence-corrected chi connectivity index (χ1v) is 9.44. The Morgan fingerprint density at radius 2 is 1.73 bits per heavy atom. The number of anilines is 1. The van der Waals surface area contributed by atoms with Crippen LogP contribution in [0.2, 0.25) is 0 Å². The Kier molecular flexibility index (Phi) is 6.05. The van der Waals surface area contributed by atoms with Gasteiger partial charge in [0.25, 0.3) is 5.91 Å². The molecule has 0 spiro atoms. The Morgan fingerprint density at radius 1 is 1.04 bits per heavy atom. The van der Waals surface area contributed by atoms with E-state index in [9.17, 15) is 9.59 Å². The van der Waals surface area contributed by atoms with Gasteiger partial charge in [0.1, 0.15) is 0 Å². The molecule has 0 aromatic heterocycles. The van der Waals surface area contributed by atoms with Gasteiger partial charge in [-0.1, -0.05) is 37.6 Å². The molecule has 1 aliphatic rings. The maximum Gasteiger partial charge on any atom is 0.251 e. The van der Waals surface area contributed by atoms with Gasteiger partial charge < -0.3 is 10.2 Å². The van der Waals surface area contributed by atoms with Crippen molar-refractivity contribution in [2.24, 2.45) is 0 Å². The van der Waals surface area contributed by atoms with Gasteiger partial charge in [-0.3, -0.25) is 9.59 Å². The monoisotopic (exact) mass is 350 g/mol. The van der Waals surface area contributed by atoms with E-state index >= 15 is 0 Å². The fraction of sp³-hybridized carbons (Fsp3) is 0.364. The molecule has 4 nitrogen and oxygen atoms in total. The highest BCUT2D eigenvalue weighted by Crippen LogP contribution is 2.21. The third-order valence-corrected chi connectivity index (χ3v) is 4.81. The molecule has 3 rings (SSSR count). The first-order chi connectivity index (χ1) is 12.7. The molecule has 1 saturated heterocycles. The van der Waals surface area contributed by atoms with Crippen LogP contribution in [0.3, 0.4) is 0 Å². The highest BCUT2D eigenvalue weighted by molar-refractivity contribution is 5.95. The lowest BCUT2D eigenvalue weighted by Crippen LogP contribution is -2.24. The molecule has 2 amide bonds. The topological polar surface area (TPSA) is 49.4 Å². The first-order valence-electron chi connectivity index (χ1n) is 9.44. The van der Waals surface area contributed by atoms with Crippen LogP contribution >= 0.6 is 0 Å². The van der Waals surface area contributed by atoms with Crippen molar-refractivity contribution in [1.82, 2.24) is 5.32 Å². The van der Waals surface area contributed by atoms with Crippen LogP contribution in [0.1, 0.15) is 54.1 Å². The van der Waals surface area contributed by atoms with Crippen LogP contribution in [-0.4, -0.2) is 18.4 Å². The Labute approximate surface area is 155 Å². The number of rotatable bonds is 7. The second kappa shape index (κ2) is 8.65. The van der Waals surface area contributed by atoms with E-state index in [1.165, 1.54) is 18.4 Å². The lowest BCUT2D eigenvalue weighted by molar-refractivity contribution is -0.117. The van der Waals surface area contributed by atoms with E-state index in [0.717, 1.165) is 30.6 Å². The Morgan fingerprint density at radius 3 is 2.35 bits per heavy atom. The van der Waals surface area contributed by atoms with Crippen LogP contribution in [0.5, 0.6) is 0 Å². The molecule has 0 unspecified atom stereocenters. The molecule has 0 atom stereocenters. The summed E-state index contributed by atoms with van der Waals surface area (Å²) in [6, 6.07) is 15.7. The van der Waals surface area contributed by atoms with Crippen molar-refractivity contribution in [3.63, 3.8) is 0 Å². The summed E-state index contributed by atoms with van der Waals surface area (Å²) in [4.78, 5) is 25.9. The number of nitrogens with zero attached hydrogens (tertiary/aromatic N) is 1. The molecule has 0 radical (unpaired) electrons. The Bertz CT molecular complexity index is 751. The minimum absolute atomic E-state index is 0.0640. The fourth-order valence-electron chi connectivity index (χ4n) is 3.20. The van der Waals surface area contributed by atoms with Crippen LogP contribution in [0.25, 0.3) is 0 Å². The molecule has 2 aromatic carbocycles. The maximum atomic E-state index is 12.3. The van der Waals surface area contributed by atoms with Crippen molar-refractivity contribution in [2.45, 2.75) is 45.6 Å². The second-order valence-corrected chi connectivity index (χ2v) is 6.80. The number of amides is 2. The van der Waals surface area contributed by atoms with E-state index in [0.29, 0.717) is 18.5 Å². The molecule has 2 aromatic rings. The number of aryl methyl sites for hydroxylation is 1. The second-order valence-electron chi connectivity index (χ2n) is 6.80. The van der Waals surface area contributed by atoms with E-state index in [4.69, 9.17) is 0 Å². The average Bonchev–Trinajstić information content (AvgIpc) is 3.11. The van der Waals surface area contributed by atoms with Crippen LogP contribution in [0.4, 0.5) is 5.69 Å². The van der Waals surface area contributed by atoms with Crippen molar-refractivity contribution in [1.29, 1.82) is 0 Å². The highest BCUT2D eigenvalue weighted by Gasteiger charge is 2.21. The third kappa shape index (κ3) is 4.51. The molecule has 1 N–H and O–H groups in total. The number of unbranched alkanes of at least 4 members (excludes halogenated alkanes) is 1. The molecule has 1 heterocycles. The van der Waals surface area contributed by atoms with Crippen molar-refractivity contribution in [3.8, 4) is 0 Å². The molecule has 1 aliphatic heterocycles. The molecule has 0 aliphatic carbocycles. The van der Waals surface area contributed by atoms with E-state index in [2.05, 4.69) is 12.2 Å². The summed E-state index contributed by atoms with van der Waals surface area (Å²) in [5.74, 6) is 0.124. The lowest BCUT2D eigenvalue weighted by atomic mass is 10.1. The molecule has 0 bridgehead atoms. The average molecular weight is 350 g/mol. The standard InChI is InChI=1S/C22H26N2O2/c1-2-3-5-17-7-11-19(12-8-17)22(26)23-16-18-9-13-20(14-10-18)24-15-4-6-21(24)25/h7-14H,2-6,15-16H2,1H3,(H,23,26). The number of benzene rings is 2. The summed E-state index contributed by atoms with van der Waals surface area (Å²) in [7, 11) is 0. The Hall–Kier alpha value is -2.62. The van der Waals surface area contributed by atoms with Crippen molar-refractivity contribution in [3.05, 3.63) is 65.2 Å². The minimum Gasteiger partial charge on any atom is -0.348 e. The molecule has 4 heteroatoms. The van der Waals surface area contributed by atoms with Crippen molar-refractivity contribution in [2.75, 3.05) is 11.4 Å². The smallest absolute Gasteiger partial charge is 0.251 e. The van der Waals surface area contributed by atoms with Gasteiger partial charge in [0.05, 0.1) is 0 Å². The summed E-state index contributed by atoms with van der Waals surface area (Å²) in [6.45, 7) is 3.45. The van der Waals surface area contributed by atoms with Crippen molar-refractivity contribution < 1.29 is 9.59 Å². The number of carbonyl (C=O) groups is 2. The van der Waals surface area contributed by atoms with Gasteiger partial charge in [-0.25, -0.2) is 0 Å². The van der Waals surface area contributed by atoms with Crippen LogP contribution < -0.4 is 10.2 Å². The third-order valence-electron chi connectivity index (χ3n) is 4.81. The first kappa shape index (κ1) is 18.2. The molecular weight excluding hydrogens is 324 g/mol. The normalized spacial score (nSPS) is 13.9. The Balaban J connectivity index is 1.53. The number of carbonyl (C=O) groups excluding carboxylic acids is 2. The quantitative estimate of drug-likeness (QED) is 0.818. The van der Waals surface area contributed by atoms with Gasteiger partial charge in [0.15, 0.2) is 0 Å². The zero-order chi connectivity index (χ0) is 18.4.